The lowest BCUT2D eigenvalue weighted by Crippen LogP contribution is -2.28. The van der Waals surface area contributed by atoms with Crippen molar-refractivity contribution in [1.29, 1.82) is 0 Å². The van der Waals surface area contributed by atoms with Gasteiger partial charge in [0, 0.05) is 25.8 Å². The zero-order valence-corrected chi connectivity index (χ0v) is 14.3. The molecule has 1 aliphatic rings. The molecule has 0 radical (unpaired) electrons. The average Bonchev–Trinajstić information content (AvgIpc) is 3.17. The molecule has 1 saturated heterocycles. The van der Waals surface area contributed by atoms with Crippen LogP contribution in [-0.2, 0) is 11.3 Å². The highest BCUT2D eigenvalue weighted by Gasteiger charge is 2.20. The van der Waals surface area contributed by atoms with E-state index in [4.69, 9.17) is 13.9 Å². The first-order chi connectivity index (χ1) is 11.6. The van der Waals surface area contributed by atoms with Gasteiger partial charge in [0.1, 0.15) is 17.3 Å². The van der Waals surface area contributed by atoms with Gasteiger partial charge in [0.05, 0.1) is 24.5 Å². The Hall–Kier alpha value is -1.92. The summed E-state index contributed by atoms with van der Waals surface area (Å²) in [5.41, 5.74) is 1.16. The maximum atomic E-state index is 14.2. The number of aromatic nitrogens is 1. The highest BCUT2D eigenvalue weighted by atomic mass is 19.1. The number of benzene rings is 1. The second-order valence-electron chi connectivity index (χ2n) is 6.20. The smallest absolute Gasteiger partial charge is 0.229 e. The molecule has 1 aromatic heterocycles. The van der Waals surface area contributed by atoms with Crippen molar-refractivity contribution in [2.75, 3.05) is 27.3 Å². The summed E-state index contributed by atoms with van der Waals surface area (Å²) >= 11 is 0. The van der Waals surface area contributed by atoms with Gasteiger partial charge < -0.3 is 13.9 Å². The molecule has 0 unspecified atom stereocenters. The summed E-state index contributed by atoms with van der Waals surface area (Å²) in [6, 6.07) is 4.65. The number of halogens is 1. The van der Waals surface area contributed by atoms with Gasteiger partial charge in [-0.3, -0.25) is 4.90 Å². The van der Waals surface area contributed by atoms with Crippen molar-refractivity contribution in [1.82, 2.24) is 9.88 Å². The van der Waals surface area contributed by atoms with E-state index in [1.54, 1.807) is 12.1 Å². The van der Waals surface area contributed by atoms with Gasteiger partial charge in [-0.05, 0) is 38.9 Å². The van der Waals surface area contributed by atoms with Crippen LogP contribution in [0.5, 0.6) is 5.75 Å². The maximum absolute atomic E-state index is 14.2. The lowest BCUT2D eigenvalue weighted by atomic mass is 10.2. The quantitative estimate of drug-likeness (QED) is 0.810. The van der Waals surface area contributed by atoms with Crippen LogP contribution in [0.1, 0.15) is 24.3 Å². The van der Waals surface area contributed by atoms with Crippen LogP contribution in [0, 0.1) is 12.7 Å². The summed E-state index contributed by atoms with van der Waals surface area (Å²) in [4.78, 5) is 6.64. The Kier molecular flexibility index (Phi) is 5.16. The lowest BCUT2D eigenvalue weighted by molar-refractivity contribution is 0.0789. The van der Waals surface area contributed by atoms with Crippen LogP contribution in [0.3, 0.4) is 0 Å². The predicted octanol–water partition coefficient (Wildman–Crippen LogP) is 3.41. The molecule has 1 fully saturated rings. The molecule has 3 rings (SSSR count). The molecule has 0 N–H and O–H groups in total. The molecule has 0 saturated carbocycles. The first kappa shape index (κ1) is 16.9. The number of likely N-dealkylation sites (N-methyl/N-ethyl adjacent to an activating group) is 1. The number of ether oxygens (including phenoxy) is 2. The van der Waals surface area contributed by atoms with Gasteiger partial charge in [-0.25, -0.2) is 9.37 Å². The molecule has 5 nitrogen and oxygen atoms in total. The Balaban J connectivity index is 1.72. The SMILES string of the molecule is COc1ccc(-c2nc(CN(C)C[C@@H]3CCCO3)c(C)o2)c(F)c1. The van der Waals surface area contributed by atoms with Crippen LogP contribution in [0.2, 0.25) is 0 Å². The van der Waals surface area contributed by atoms with Crippen LogP contribution in [0.4, 0.5) is 4.39 Å². The molecule has 0 bridgehead atoms. The van der Waals surface area contributed by atoms with Crippen molar-refractivity contribution in [3.05, 3.63) is 35.5 Å². The van der Waals surface area contributed by atoms with Crippen LogP contribution in [0.25, 0.3) is 11.5 Å². The maximum Gasteiger partial charge on any atom is 0.229 e. The number of rotatable bonds is 6. The molecule has 2 aromatic rings. The van der Waals surface area contributed by atoms with Gasteiger partial charge in [0.2, 0.25) is 5.89 Å². The number of hydrogen-bond donors (Lipinski definition) is 0. The molecular weight excluding hydrogens is 311 g/mol. The van der Waals surface area contributed by atoms with Gasteiger partial charge in [-0.1, -0.05) is 0 Å². The van der Waals surface area contributed by atoms with E-state index >= 15 is 0 Å². The molecule has 130 valence electrons. The van der Waals surface area contributed by atoms with Crippen LogP contribution in [-0.4, -0.2) is 43.3 Å². The Bertz CT molecular complexity index is 696. The second-order valence-corrected chi connectivity index (χ2v) is 6.20. The summed E-state index contributed by atoms with van der Waals surface area (Å²) in [5, 5.41) is 0. The molecule has 1 atom stereocenters. The Labute approximate surface area is 141 Å². The fourth-order valence-corrected chi connectivity index (χ4v) is 2.94. The summed E-state index contributed by atoms with van der Waals surface area (Å²) in [7, 11) is 3.54. The van der Waals surface area contributed by atoms with E-state index < -0.39 is 5.82 Å². The highest BCUT2D eigenvalue weighted by molar-refractivity contribution is 5.56. The fourth-order valence-electron chi connectivity index (χ4n) is 2.94. The number of hydrogen-bond acceptors (Lipinski definition) is 5. The molecule has 1 aliphatic heterocycles. The molecule has 24 heavy (non-hydrogen) atoms. The molecular formula is C18H23FN2O3. The van der Waals surface area contributed by atoms with Crippen molar-refractivity contribution >= 4 is 0 Å². The van der Waals surface area contributed by atoms with Gasteiger partial charge >= 0.3 is 0 Å². The van der Waals surface area contributed by atoms with Crippen LogP contribution in [0.15, 0.2) is 22.6 Å². The first-order valence-electron chi connectivity index (χ1n) is 8.17. The number of nitrogens with zero attached hydrogens (tertiary/aromatic N) is 2. The van der Waals surface area contributed by atoms with Gasteiger partial charge in [0.25, 0.3) is 0 Å². The number of methoxy groups -OCH3 is 1. The molecule has 6 heteroatoms. The minimum Gasteiger partial charge on any atom is -0.497 e. The normalized spacial score (nSPS) is 17.6. The molecule has 2 heterocycles. The minimum atomic E-state index is -0.408. The fraction of sp³-hybridized carbons (Fsp3) is 0.500. The van der Waals surface area contributed by atoms with Gasteiger partial charge in [-0.15, -0.1) is 0 Å². The number of oxazole rings is 1. The third kappa shape index (κ3) is 3.76. The van der Waals surface area contributed by atoms with E-state index in [1.165, 1.54) is 13.2 Å². The molecule has 0 aliphatic carbocycles. The third-order valence-electron chi connectivity index (χ3n) is 4.26. The molecule has 0 spiro atoms. The van der Waals surface area contributed by atoms with Gasteiger partial charge in [-0.2, -0.15) is 0 Å². The first-order valence-corrected chi connectivity index (χ1v) is 8.17. The van der Waals surface area contributed by atoms with E-state index in [2.05, 4.69) is 9.88 Å². The average molecular weight is 334 g/mol. The Morgan fingerprint density at radius 2 is 2.25 bits per heavy atom. The van der Waals surface area contributed by atoms with E-state index in [0.29, 0.717) is 35.6 Å². The summed E-state index contributed by atoms with van der Waals surface area (Å²) in [6.45, 7) is 4.21. The van der Waals surface area contributed by atoms with Crippen molar-refractivity contribution in [3.8, 4) is 17.2 Å². The highest BCUT2D eigenvalue weighted by Crippen LogP contribution is 2.27. The predicted molar refractivity (Wildman–Crippen MR) is 88.5 cm³/mol. The summed E-state index contributed by atoms with van der Waals surface area (Å²) in [5.74, 6) is 1.07. The Morgan fingerprint density at radius 3 is 2.92 bits per heavy atom. The minimum absolute atomic E-state index is 0.292. The lowest BCUT2D eigenvalue weighted by Gasteiger charge is -2.19. The zero-order valence-electron chi connectivity index (χ0n) is 14.3. The van der Waals surface area contributed by atoms with Crippen LogP contribution < -0.4 is 4.74 Å². The van der Waals surface area contributed by atoms with Gasteiger partial charge in [0.15, 0.2) is 0 Å². The summed E-state index contributed by atoms with van der Waals surface area (Å²) in [6.07, 6.45) is 2.52. The molecule has 0 amide bonds. The van der Waals surface area contributed by atoms with Crippen LogP contribution >= 0.6 is 0 Å². The standard InChI is InChI=1S/C18H23FN2O3/c1-12-17(11-21(2)10-14-5-4-8-23-14)20-18(24-12)15-7-6-13(22-3)9-16(15)19/h6-7,9,14H,4-5,8,10-11H2,1-3H3/t14-/m0/s1. The van der Waals surface area contributed by atoms with E-state index in [9.17, 15) is 4.39 Å². The van der Waals surface area contributed by atoms with Crippen molar-refractivity contribution in [2.24, 2.45) is 0 Å². The topological polar surface area (TPSA) is 47.7 Å². The zero-order chi connectivity index (χ0) is 17.1. The summed E-state index contributed by atoms with van der Waals surface area (Å²) < 4.78 is 30.5. The monoisotopic (exact) mass is 334 g/mol. The van der Waals surface area contributed by atoms with E-state index in [-0.39, 0.29) is 0 Å². The Morgan fingerprint density at radius 1 is 1.42 bits per heavy atom. The third-order valence-corrected chi connectivity index (χ3v) is 4.26. The van der Waals surface area contributed by atoms with Crippen molar-refractivity contribution in [3.63, 3.8) is 0 Å². The largest absolute Gasteiger partial charge is 0.497 e. The van der Waals surface area contributed by atoms with E-state index in [0.717, 1.165) is 31.7 Å². The van der Waals surface area contributed by atoms with E-state index in [1.807, 2.05) is 14.0 Å². The number of aryl methyl sites for hydroxylation is 1. The molecule has 1 aromatic carbocycles. The second kappa shape index (κ2) is 7.32. The van der Waals surface area contributed by atoms with Crippen molar-refractivity contribution in [2.45, 2.75) is 32.4 Å². The van der Waals surface area contributed by atoms with Crippen molar-refractivity contribution < 1.29 is 18.3 Å².